The highest BCUT2D eigenvalue weighted by atomic mass is 32.1. The van der Waals surface area contributed by atoms with Gasteiger partial charge in [-0.1, -0.05) is 19.1 Å². The van der Waals surface area contributed by atoms with Gasteiger partial charge in [-0.15, -0.1) is 16.4 Å². The standard InChI is InChI=1S/C13H18N4OS/c1-9(2)11(8-17-7-6-14-16-17)15-13(18)12-5-4-10(3)19-12/h4-7,9,11H,8H2,1-3H3,(H,15,18). The molecule has 1 amide bonds. The highest BCUT2D eigenvalue weighted by Gasteiger charge is 2.18. The molecule has 2 rings (SSSR count). The fourth-order valence-corrected chi connectivity index (χ4v) is 2.52. The molecule has 0 aliphatic carbocycles. The summed E-state index contributed by atoms with van der Waals surface area (Å²) in [6, 6.07) is 3.86. The summed E-state index contributed by atoms with van der Waals surface area (Å²) in [4.78, 5) is 14.0. The van der Waals surface area contributed by atoms with Gasteiger partial charge in [0.05, 0.1) is 23.7 Å². The van der Waals surface area contributed by atoms with Crippen LogP contribution >= 0.6 is 11.3 Å². The Bertz CT molecular complexity index is 533. The van der Waals surface area contributed by atoms with E-state index in [-0.39, 0.29) is 11.9 Å². The van der Waals surface area contributed by atoms with E-state index in [4.69, 9.17) is 0 Å². The van der Waals surface area contributed by atoms with Crippen molar-refractivity contribution in [2.45, 2.75) is 33.4 Å². The lowest BCUT2D eigenvalue weighted by molar-refractivity contribution is 0.0923. The maximum atomic E-state index is 12.2. The highest BCUT2D eigenvalue weighted by molar-refractivity contribution is 7.13. The molecule has 5 nitrogen and oxygen atoms in total. The Kier molecular flexibility index (Phi) is 4.31. The van der Waals surface area contributed by atoms with Gasteiger partial charge in [-0.3, -0.25) is 9.48 Å². The lowest BCUT2D eigenvalue weighted by Gasteiger charge is -2.21. The van der Waals surface area contributed by atoms with E-state index in [1.54, 1.807) is 17.1 Å². The van der Waals surface area contributed by atoms with Crippen LogP contribution in [0, 0.1) is 12.8 Å². The molecule has 0 saturated heterocycles. The monoisotopic (exact) mass is 278 g/mol. The van der Waals surface area contributed by atoms with Crippen LogP contribution in [0.3, 0.4) is 0 Å². The van der Waals surface area contributed by atoms with Crippen LogP contribution in [0.15, 0.2) is 24.5 Å². The second kappa shape index (κ2) is 5.97. The van der Waals surface area contributed by atoms with E-state index in [2.05, 4.69) is 29.5 Å². The van der Waals surface area contributed by atoms with Crippen molar-refractivity contribution in [3.8, 4) is 0 Å². The molecule has 2 heterocycles. The third-order valence-electron chi connectivity index (χ3n) is 2.94. The summed E-state index contributed by atoms with van der Waals surface area (Å²) in [5, 5.41) is 10.8. The summed E-state index contributed by atoms with van der Waals surface area (Å²) in [6.07, 6.45) is 3.44. The summed E-state index contributed by atoms with van der Waals surface area (Å²) in [5.74, 6) is 0.311. The maximum absolute atomic E-state index is 12.2. The Morgan fingerprint density at radius 3 is 2.79 bits per heavy atom. The van der Waals surface area contributed by atoms with Crippen molar-refractivity contribution in [3.05, 3.63) is 34.3 Å². The van der Waals surface area contributed by atoms with Crippen LogP contribution in [0.1, 0.15) is 28.4 Å². The average Bonchev–Trinajstić information content (AvgIpc) is 2.99. The fraction of sp³-hybridized carbons (Fsp3) is 0.462. The minimum absolute atomic E-state index is 0.0167. The van der Waals surface area contributed by atoms with Gasteiger partial charge in [0, 0.05) is 11.1 Å². The number of hydrogen-bond acceptors (Lipinski definition) is 4. The van der Waals surface area contributed by atoms with Crippen molar-refractivity contribution in [2.24, 2.45) is 5.92 Å². The zero-order valence-corrected chi connectivity index (χ0v) is 12.1. The van der Waals surface area contributed by atoms with E-state index >= 15 is 0 Å². The zero-order chi connectivity index (χ0) is 13.8. The molecule has 6 heteroatoms. The number of carbonyl (C=O) groups excluding carboxylic acids is 1. The first-order chi connectivity index (χ1) is 9.06. The summed E-state index contributed by atoms with van der Waals surface area (Å²) < 4.78 is 1.74. The van der Waals surface area contributed by atoms with Gasteiger partial charge < -0.3 is 5.32 Å². The van der Waals surface area contributed by atoms with Gasteiger partial charge in [-0.05, 0) is 25.0 Å². The van der Waals surface area contributed by atoms with E-state index in [0.717, 1.165) is 9.75 Å². The molecule has 0 radical (unpaired) electrons. The number of nitrogens with zero attached hydrogens (tertiary/aromatic N) is 3. The molecule has 0 spiro atoms. The lowest BCUT2D eigenvalue weighted by atomic mass is 10.0. The number of nitrogens with one attached hydrogen (secondary N) is 1. The molecule has 0 bridgehead atoms. The third kappa shape index (κ3) is 3.64. The smallest absolute Gasteiger partial charge is 0.261 e. The summed E-state index contributed by atoms with van der Waals surface area (Å²) in [7, 11) is 0. The minimum Gasteiger partial charge on any atom is -0.346 e. The van der Waals surface area contributed by atoms with Gasteiger partial charge in [0.1, 0.15) is 0 Å². The van der Waals surface area contributed by atoms with Crippen LogP contribution in [0.25, 0.3) is 0 Å². The molecule has 0 aliphatic rings. The topological polar surface area (TPSA) is 59.8 Å². The number of thiophene rings is 1. The molecule has 0 saturated carbocycles. The number of amides is 1. The number of hydrogen-bond donors (Lipinski definition) is 1. The first kappa shape index (κ1) is 13.7. The quantitative estimate of drug-likeness (QED) is 0.911. The molecule has 0 aromatic carbocycles. The van der Waals surface area contributed by atoms with Crippen LogP contribution in [-0.2, 0) is 6.54 Å². The molecule has 1 unspecified atom stereocenters. The van der Waals surface area contributed by atoms with Gasteiger partial charge in [0.2, 0.25) is 0 Å². The molecule has 0 aliphatic heterocycles. The third-order valence-corrected chi connectivity index (χ3v) is 3.94. The Hall–Kier alpha value is -1.69. The highest BCUT2D eigenvalue weighted by Crippen LogP contribution is 2.15. The molecule has 1 atom stereocenters. The fourth-order valence-electron chi connectivity index (χ4n) is 1.75. The maximum Gasteiger partial charge on any atom is 0.261 e. The number of aromatic nitrogens is 3. The number of carbonyl (C=O) groups is 1. The van der Waals surface area contributed by atoms with Crippen molar-refractivity contribution >= 4 is 17.2 Å². The zero-order valence-electron chi connectivity index (χ0n) is 11.3. The van der Waals surface area contributed by atoms with Crippen LogP contribution in [-0.4, -0.2) is 26.9 Å². The van der Waals surface area contributed by atoms with Crippen LogP contribution in [0.2, 0.25) is 0 Å². The first-order valence-electron chi connectivity index (χ1n) is 6.27. The van der Waals surface area contributed by atoms with E-state index in [1.807, 2.05) is 19.1 Å². The number of aryl methyl sites for hydroxylation is 1. The van der Waals surface area contributed by atoms with Gasteiger partial charge >= 0.3 is 0 Å². The minimum atomic E-state index is -0.0167. The predicted octanol–water partition coefficient (Wildman–Crippen LogP) is 2.10. The predicted molar refractivity (Wildman–Crippen MR) is 75.2 cm³/mol. The molecule has 102 valence electrons. The van der Waals surface area contributed by atoms with Crippen LogP contribution in [0.4, 0.5) is 0 Å². The van der Waals surface area contributed by atoms with Gasteiger partial charge in [0.15, 0.2) is 0 Å². The molecular formula is C13H18N4OS. The Balaban J connectivity index is 2.02. The molecular weight excluding hydrogens is 260 g/mol. The Morgan fingerprint density at radius 2 is 2.26 bits per heavy atom. The van der Waals surface area contributed by atoms with Crippen LogP contribution in [0.5, 0.6) is 0 Å². The lowest BCUT2D eigenvalue weighted by Crippen LogP contribution is -2.41. The van der Waals surface area contributed by atoms with Crippen molar-refractivity contribution in [2.75, 3.05) is 0 Å². The van der Waals surface area contributed by atoms with Crippen molar-refractivity contribution in [1.29, 1.82) is 0 Å². The molecule has 1 N–H and O–H groups in total. The van der Waals surface area contributed by atoms with Gasteiger partial charge in [0.25, 0.3) is 5.91 Å². The Morgan fingerprint density at radius 1 is 1.47 bits per heavy atom. The Labute approximate surface area is 116 Å². The van der Waals surface area contributed by atoms with Gasteiger partial charge in [-0.2, -0.15) is 0 Å². The summed E-state index contributed by atoms with van der Waals surface area (Å²) in [6.45, 7) is 6.80. The summed E-state index contributed by atoms with van der Waals surface area (Å²) in [5.41, 5.74) is 0. The summed E-state index contributed by atoms with van der Waals surface area (Å²) >= 11 is 1.51. The van der Waals surface area contributed by atoms with Crippen LogP contribution < -0.4 is 5.32 Å². The SMILES string of the molecule is Cc1ccc(C(=O)NC(Cn2ccnn2)C(C)C)s1. The van der Waals surface area contributed by atoms with E-state index < -0.39 is 0 Å². The molecule has 2 aromatic rings. The van der Waals surface area contributed by atoms with E-state index in [9.17, 15) is 4.79 Å². The molecule has 2 aromatic heterocycles. The van der Waals surface area contributed by atoms with E-state index in [0.29, 0.717) is 12.5 Å². The second-order valence-electron chi connectivity index (χ2n) is 4.86. The van der Waals surface area contributed by atoms with Crippen molar-refractivity contribution in [1.82, 2.24) is 20.3 Å². The van der Waals surface area contributed by atoms with Crippen molar-refractivity contribution in [3.63, 3.8) is 0 Å². The average molecular weight is 278 g/mol. The second-order valence-corrected chi connectivity index (χ2v) is 6.15. The largest absolute Gasteiger partial charge is 0.346 e. The van der Waals surface area contributed by atoms with E-state index in [1.165, 1.54) is 11.3 Å². The molecule has 19 heavy (non-hydrogen) atoms. The normalized spacial score (nSPS) is 12.6. The first-order valence-corrected chi connectivity index (χ1v) is 7.09. The van der Waals surface area contributed by atoms with Crippen molar-refractivity contribution < 1.29 is 4.79 Å². The number of rotatable bonds is 5. The molecule has 0 fully saturated rings. The van der Waals surface area contributed by atoms with Gasteiger partial charge in [-0.25, -0.2) is 0 Å².